The lowest BCUT2D eigenvalue weighted by molar-refractivity contribution is -0.115. The summed E-state index contributed by atoms with van der Waals surface area (Å²) in [6.07, 6.45) is 2.63. The van der Waals surface area contributed by atoms with E-state index in [0.717, 1.165) is 12.1 Å². The lowest BCUT2D eigenvalue weighted by atomic mass is 10.0. The Morgan fingerprint density at radius 3 is 2.52 bits per heavy atom. The van der Waals surface area contributed by atoms with Gasteiger partial charge in [-0.2, -0.15) is 9.78 Å². The van der Waals surface area contributed by atoms with Crippen molar-refractivity contribution in [3.05, 3.63) is 42.1 Å². The summed E-state index contributed by atoms with van der Waals surface area (Å²) in [6.45, 7) is 10.3. The molecule has 1 aromatic carbocycles. The third-order valence-electron chi connectivity index (χ3n) is 4.83. The fraction of sp³-hybridized carbons (Fsp3) is 0.450. The minimum Gasteiger partial charge on any atom is -0.310 e. The number of anilines is 1. The molecule has 0 aliphatic carbocycles. The molecule has 1 N–H and O–H groups in total. The number of aromatic nitrogens is 6. The smallest absolute Gasteiger partial charge is 0.238 e. The van der Waals surface area contributed by atoms with Crippen molar-refractivity contribution in [1.29, 1.82) is 0 Å². The second kappa shape index (κ2) is 9.21. The number of nitrogens with one attached hydrogen (secondary N) is 1. The first-order valence-corrected chi connectivity index (χ1v) is 10.7. The standard InChI is InChI=1S/C20H27N7OS/c1-6-14(4)26-18(11-12-21-26)22-19(28)15(5)29-20-23-24-25-27(20)17-9-7-16(8-10-17)13(2)3/h7-15H,6H2,1-5H3,(H,22,28)/t14-,15+/m1/s1. The van der Waals surface area contributed by atoms with Crippen LogP contribution in [0.5, 0.6) is 0 Å². The van der Waals surface area contributed by atoms with Crippen molar-refractivity contribution in [3.8, 4) is 5.69 Å². The van der Waals surface area contributed by atoms with Crippen molar-refractivity contribution in [2.45, 2.75) is 63.4 Å². The first kappa shape index (κ1) is 21.0. The largest absolute Gasteiger partial charge is 0.310 e. The summed E-state index contributed by atoms with van der Waals surface area (Å²) in [6, 6.07) is 10.1. The third-order valence-corrected chi connectivity index (χ3v) is 5.86. The Labute approximate surface area is 175 Å². The van der Waals surface area contributed by atoms with Crippen molar-refractivity contribution in [1.82, 2.24) is 30.0 Å². The van der Waals surface area contributed by atoms with E-state index in [0.29, 0.717) is 16.9 Å². The Morgan fingerprint density at radius 1 is 1.14 bits per heavy atom. The van der Waals surface area contributed by atoms with Gasteiger partial charge in [0.05, 0.1) is 23.2 Å². The summed E-state index contributed by atoms with van der Waals surface area (Å²) >= 11 is 1.32. The minimum absolute atomic E-state index is 0.121. The third kappa shape index (κ3) is 4.84. The molecule has 0 aliphatic heterocycles. The van der Waals surface area contributed by atoms with Crippen LogP contribution in [0.4, 0.5) is 5.82 Å². The van der Waals surface area contributed by atoms with E-state index in [-0.39, 0.29) is 17.2 Å². The molecule has 0 saturated heterocycles. The Kier molecular flexibility index (Phi) is 6.68. The summed E-state index contributed by atoms with van der Waals surface area (Å²) in [5.74, 6) is 1.03. The molecular formula is C20H27N7OS. The molecule has 0 spiro atoms. The number of rotatable bonds is 8. The molecule has 3 aromatic rings. The summed E-state index contributed by atoms with van der Waals surface area (Å²) in [5, 5.41) is 19.4. The van der Waals surface area contributed by atoms with Crippen molar-refractivity contribution < 1.29 is 4.79 Å². The first-order valence-electron chi connectivity index (χ1n) is 9.80. The summed E-state index contributed by atoms with van der Waals surface area (Å²) < 4.78 is 3.48. The van der Waals surface area contributed by atoms with Crippen molar-refractivity contribution in [3.63, 3.8) is 0 Å². The first-order chi connectivity index (χ1) is 13.9. The second-order valence-corrected chi connectivity index (χ2v) is 8.60. The number of amides is 1. The van der Waals surface area contributed by atoms with Gasteiger partial charge in [0, 0.05) is 6.07 Å². The van der Waals surface area contributed by atoms with Crippen LogP contribution >= 0.6 is 11.8 Å². The molecule has 3 rings (SSSR count). The highest BCUT2D eigenvalue weighted by atomic mass is 32.2. The maximum atomic E-state index is 12.7. The maximum absolute atomic E-state index is 12.7. The number of hydrogen-bond acceptors (Lipinski definition) is 6. The van der Waals surface area contributed by atoms with Crippen LogP contribution in [0.15, 0.2) is 41.7 Å². The molecule has 9 heteroatoms. The zero-order chi connectivity index (χ0) is 21.0. The van der Waals surface area contributed by atoms with E-state index in [2.05, 4.69) is 65.8 Å². The number of benzene rings is 1. The molecule has 154 valence electrons. The van der Waals surface area contributed by atoms with Crippen molar-refractivity contribution in [2.75, 3.05) is 5.32 Å². The zero-order valence-corrected chi connectivity index (χ0v) is 18.2. The maximum Gasteiger partial charge on any atom is 0.238 e. The Bertz CT molecular complexity index is 948. The molecule has 2 heterocycles. The van der Waals surface area contributed by atoms with Crippen molar-refractivity contribution in [2.24, 2.45) is 0 Å². The van der Waals surface area contributed by atoms with Crippen LogP contribution in [0.2, 0.25) is 0 Å². The molecule has 2 atom stereocenters. The average Bonchev–Trinajstić information content (AvgIpc) is 3.36. The van der Waals surface area contributed by atoms with Gasteiger partial charge in [-0.1, -0.05) is 44.7 Å². The van der Waals surface area contributed by atoms with Crippen LogP contribution < -0.4 is 5.32 Å². The topological polar surface area (TPSA) is 90.5 Å². The van der Waals surface area contributed by atoms with E-state index in [1.54, 1.807) is 10.9 Å². The molecule has 0 fully saturated rings. The van der Waals surface area contributed by atoms with Crippen LogP contribution in [0.25, 0.3) is 5.69 Å². The highest BCUT2D eigenvalue weighted by Crippen LogP contribution is 2.25. The number of thioether (sulfide) groups is 1. The number of carbonyl (C=O) groups excluding carboxylic acids is 1. The SMILES string of the molecule is CC[C@@H](C)n1nccc1NC(=O)[C@H](C)Sc1nnnn1-c1ccc(C(C)C)cc1. The Hall–Kier alpha value is -2.68. The molecule has 2 aromatic heterocycles. The van der Waals surface area contributed by atoms with Crippen LogP contribution in [-0.2, 0) is 4.79 Å². The molecule has 1 amide bonds. The van der Waals surface area contributed by atoms with E-state index in [1.807, 2.05) is 29.8 Å². The van der Waals surface area contributed by atoms with Gasteiger partial charge in [0.25, 0.3) is 0 Å². The number of tetrazole rings is 1. The van der Waals surface area contributed by atoms with Gasteiger partial charge in [-0.3, -0.25) is 4.79 Å². The quantitative estimate of drug-likeness (QED) is 0.560. The van der Waals surface area contributed by atoms with Gasteiger partial charge >= 0.3 is 0 Å². The lowest BCUT2D eigenvalue weighted by Gasteiger charge is -2.16. The van der Waals surface area contributed by atoms with E-state index >= 15 is 0 Å². The fourth-order valence-corrected chi connectivity index (χ4v) is 3.60. The summed E-state index contributed by atoms with van der Waals surface area (Å²) in [5.41, 5.74) is 2.12. The normalized spacial score (nSPS) is 13.4. The Balaban J connectivity index is 1.70. The summed E-state index contributed by atoms with van der Waals surface area (Å²) in [7, 11) is 0. The fourth-order valence-electron chi connectivity index (χ4n) is 2.79. The van der Waals surface area contributed by atoms with Crippen LogP contribution in [-0.4, -0.2) is 41.1 Å². The lowest BCUT2D eigenvalue weighted by Crippen LogP contribution is -2.25. The average molecular weight is 414 g/mol. The van der Waals surface area contributed by atoms with Crippen LogP contribution in [0.3, 0.4) is 0 Å². The molecular weight excluding hydrogens is 386 g/mol. The van der Waals surface area contributed by atoms with E-state index < -0.39 is 0 Å². The van der Waals surface area contributed by atoms with Gasteiger partial charge in [-0.05, 0) is 54.3 Å². The van der Waals surface area contributed by atoms with Gasteiger partial charge < -0.3 is 5.32 Å². The highest BCUT2D eigenvalue weighted by molar-refractivity contribution is 8.00. The number of nitrogens with zero attached hydrogens (tertiary/aromatic N) is 6. The molecule has 0 bridgehead atoms. The monoisotopic (exact) mass is 413 g/mol. The van der Waals surface area contributed by atoms with Crippen molar-refractivity contribution >= 4 is 23.5 Å². The van der Waals surface area contributed by atoms with Crippen LogP contribution in [0, 0.1) is 0 Å². The van der Waals surface area contributed by atoms with E-state index in [9.17, 15) is 4.79 Å². The molecule has 8 nitrogen and oxygen atoms in total. The van der Waals surface area contributed by atoms with Gasteiger partial charge in [-0.25, -0.2) is 4.68 Å². The van der Waals surface area contributed by atoms with E-state index in [1.165, 1.54) is 17.3 Å². The minimum atomic E-state index is -0.380. The molecule has 0 saturated carbocycles. The number of carbonyl (C=O) groups is 1. The summed E-state index contributed by atoms with van der Waals surface area (Å²) in [4.78, 5) is 12.7. The predicted octanol–water partition coefficient (Wildman–Crippen LogP) is 4.07. The zero-order valence-electron chi connectivity index (χ0n) is 17.4. The van der Waals surface area contributed by atoms with E-state index in [4.69, 9.17) is 0 Å². The predicted molar refractivity (Wildman–Crippen MR) is 114 cm³/mol. The van der Waals surface area contributed by atoms with Gasteiger partial charge in [0.1, 0.15) is 5.82 Å². The van der Waals surface area contributed by atoms with Gasteiger partial charge in [0.2, 0.25) is 11.1 Å². The molecule has 0 unspecified atom stereocenters. The van der Waals surface area contributed by atoms with Gasteiger partial charge in [0.15, 0.2) is 0 Å². The second-order valence-electron chi connectivity index (χ2n) is 7.29. The van der Waals surface area contributed by atoms with Gasteiger partial charge in [-0.15, -0.1) is 5.10 Å². The highest BCUT2D eigenvalue weighted by Gasteiger charge is 2.21. The number of hydrogen-bond donors (Lipinski definition) is 1. The Morgan fingerprint density at radius 2 is 1.86 bits per heavy atom. The molecule has 29 heavy (non-hydrogen) atoms. The molecule has 0 aliphatic rings. The molecule has 0 radical (unpaired) electrons. The van der Waals surface area contributed by atoms with Crippen LogP contribution in [0.1, 0.15) is 58.6 Å².